The minimum atomic E-state index is -3.79. The Morgan fingerprint density at radius 2 is 1.64 bits per heavy atom. The zero-order valence-corrected chi connectivity index (χ0v) is 14.0. The Kier molecular flexibility index (Phi) is 3.51. The van der Waals surface area contributed by atoms with E-state index in [1.165, 1.54) is 10.4 Å². The number of carboxylic acid groups (broad SMARTS) is 1. The van der Waals surface area contributed by atoms with E-state index in [0.29, 0.717) is 11.3 Å². The lowest BCUT2D eigenvalue weighted by Crippen LogP contribution is -2.29. The summed E-state index contributed by atoms with van der Waals surface area (Å²) in [6.07, 6.45) is -0.289. The van der Waals surface area contributed by atoms with Crippen LogP contribution in [0.1, 0.15) is 18.0 Å². The van der Waals surface area contributed by atoms with Gasteiger partial charge in [0, 0.05) is 0 Å². The number of benzene rings is 3. The van der Waals surface area contributed by atoms with E-state index in [-0.39, 0.29) is 11.3 Å². The first-order chi connectivity index (χ1) is 12.0. The van der Waals surface area contributed by atoms with Crippen LogP contribution in [0, 0.1) is 0 Å². The summed E-state index contributed by atoms with van der Waals surface area (Å²) in [4.78, 5) is 11.5. The molecule has 0 saturated carbocycles. The van der Waals surface area contributed by atoms with Crippen molar-refractivity contribution >= 4 is 32.5 Å². The first-order valence-corrected chi connectivity index (χ1v) is 9.26. The van der Waals surface area contributed by atoms with Crippen LogP contribution in [0.5, 0.6) is 0 Å². The van der Waals surface area contributed by atoms with Gasteiger partial charge in [0.05, 0.1) is 23.0 Å². The largest absolute Gasteiger partial charge is 0.481 e. The minimum Gasteiger partial charge on any atom is -0.481 e. The summed E-state index contributed by atoms with van der Waals surface area (Å²) in [5.74, 6) is -1.04. The molecule has 1 heterocycles. The van der Waals surface area contributed by atoms with Gasteiger partial charge < -0.3 is 5.11 Å². The summed E-state index contributed by atoms with van der Waals surface area (Å²) in [6, 6.07) is 18.8. The lowest BCUT2D eigenvalue weighted by Gasteiger charge is -2.25. The summed E-state index contributed by atoms with van der Waals surface area (Å²) >= 11 is 0. The SMILES string of the molecule is O=C(O)CC1c2ccccc2S(=O)(=O)N1c1ccc2ccccc2c1. The maximum absolute atomic E-state index is 13.0. The quantitative estimate of drug-likeness (QED) is 0.781. The van der Waals surface area contributed by atoms with Gasteiger partial charge in [0.25, 0.3) is 10.0 Å². The Balaban J connectivity index is 1.92. The van der Waals surface area contributed by atoms with Crippen LogP contribution in [0.2, 0.25) is 0 Å². The first-order valence-electron chi connectivity index (χ1n) is 7.82. The fourth-order valence-electron chi connectivity index (χ4n) is 3.38. The third-order valence-electron chi connectivity index (χ3n) is 4.45. The Hall–Kier alpha value is -2.86. The van der Waals surface area contributed by atoms with Crippen LogP contribution in [-0.4, -0.2) is 19.5 Å². The van der Waals surface area contributed by atoms with Gasteiger partial charge in [-0.1, -0.05) is 48.5 Å². The lowest BCUT2D eigenvalue weighted by atomic mass is 10.0. The van der Waals surface area contributed by atoms with Crippen molar-refractivity contribution in [3.63, 3.8) is 0 Å². The first kappa shape index (κ1) is 15.7. The molecule has 6 heteroatoms. The molecule has 5 nitrogen and oxygen atoms in total. The van der Waals surface area contributed by atoms with Crippen molar-refractivity contribution in [1.82, 2.24) is 0 Å². The maximum Gasteiger partial charge on any atom is 0.305 e. The maximum atomic E-state index is 13.0. The topological polar surface area (TPSA) is 74.7 Å². The van der Waals surface area contributed by atoms with Gasteiger partial charge in [0.2, 0.25) is 0 Å². The molecule has 3 aromatic rings. The van der Waals surface area contributed by atoms with Crippen molar-refractivity contribution in [2.75, 3.05) is 4.31 Å². The number of nitrogens with zero attached hydrogens (tertiary/aromatic N) is 1. The second-order valence-electron chi connectivity index (χ2n) is 5.98. The molecule has 3 aromatic carbocycles. The molecule has 1 unspecified atom stereocenters. The zero-order valence-electron chi connectivity index (χ0n) is 13.2. The predicted molar refractivity (Wildman–Crippen MR) is 95.0 cm³/mol. The van der Waals surface area contributed by atoms with Gasteiger partial charge in [0.1, 0.15) is 0 Å². The lowest BCUT2D eigenvalue weighted by molar-refractivity contribution is -0.137. The van der Waals surface area contributed by atoms with Crippen LogP contribution in [0.15, 0.2) is 71.6 Å². The van der Waals surface area contributed by atoms with Crippen molar-refractivity contribution < 1.29 is 18.3 Å². The Bertz CT molecular complexity index is 1090. The van der Waals surface area contributed by atoms with E-state index >= 15 is 0 Å². The molecule has 0 spiro atoms. The average Bonchev–Trinajstić information content (AvgIpc) is 2.81. The normalized spacial score (nSPS) is 18.2. The second-order valence-corrected chi connectivity index (χ2v) is 7.77. The molecule has 1 atom stereocenters. The third kappa shape index (κ3) is 2.46. The number of fused-ring (bicyclic) bond motifs is 2. The molecule has 1 N–H and O–H groups in total. The number of hydrogen-bond acceptors (Lipinski definition) is 3. The van der Waals surface area contributed by atoms with Crippen LogP contribution >= 0.6 is 0 Å². The monoisotopic (exact) mass is 353 g/mol. The highest BCUT2D eigenvalue weighted by Gasteiger charge is 2.43. The van der Waals surface area contributed by atoms with E-state index in [0.717, 1.165) is 10.8 Å². The molecule has 0 bridgehead atoms. The number of carbonyl (C=O) groups is 1. The van der Waals surface area contributed by atoms with Crippen LogP contribution < -0.4 is 4.31 Å². The van der Waals surface area contributed by atoms with E-state index < -0.39 is 22.0 Å². The summed E-state index contributed by atoms with van der Waals surface area (Å²) in [6.45, 7) is 0. The molecule has 126 valence electrons. The van der Waals surface area contributed by atoms with Gasteiger partial charge in [-0.3, -0.25) is 9.10 Å². The Labute approximate surface area is 145 Å². The fourth-order valence-corrected chi connectivity index (χ4v) is 5.26. The summed E-state index contributed by atoms with van der Waals surface area (Å²) < 4.78 is 27.3. The highest BCUT2D eigenvalue weighted by molar-refractivity contribution is 7.93. The highest BCUT2D eigenvalue weighted by Crippen LogP contribution is 2.44. The second kappa shape index (κ2) is 5.60. The van der Waals surface area contributed by atoms with Gasteiger partial charge in [-0.2, -0.15) is 0 Å². The number of anilines is 1. The van der Waals surface area contributed by atoms with E-state index in [2.05, 4.69) is 0 Å². The van der Waals surface area contributed by atoms with Crippen molar-refractivity contribution in [2.24, 2.45) is 0 Å². The number of aliphatic carboxylic acids is 1. The number of sulfonamides is 1. The molecule has 0 saturated heterocycles. The van der Waals surface area contributed by atoms with E-state index in [4.69, 9.17) is 0 Å². The number of carboxylic acids is 1. The molecule has 0 fully saturated rings. The zero-order chi connectivity index (χ0) is 17.6. The third-order valence-corrected chi connectivity index (χ3v) is 6.36. The van der Waals surface area contributed by atoms with Gasteiger partial charge >= 0.3 is 5.97 Å². The van der Waals surface area contributed by atoms with Gasteiger partial charge in [0.15, 0.2) is 0 Å². The van der Waals surface area contributed by atoms with Gasteiger partial charge in [-0.05, 0) is 34.5 Å². The van der Waals surface area contributed by atoms with E-state index in [9.17, 15) is 18.3 Å². The molecule has 1 aliphatic rings. The molecule has 0 aliphatic carbocycles. The van der Waals surface area contributed by atoms with Crippen LogP contribution in [0.3, 0.4) is 0 Å². The summed E-state index contributed by atoms with van der Waals surface area (Å²) in [5.41, 5.74) is 0.999. The molecule has 1 aliphatic heterocycles. The molecule has 0 amide bonds. The van der Waals surface area contributed by atoms with Crippen LogP contribution in [-0.2, 0) is 14.8 Å². The molecule has 4 rings (SSSR count). The average molecular weight is 353 g/mol. The van der Waals surface area contributed by atoms with Crippen molar-refractivity contribution in [3.8, 4) is 0 Å². The van der Waals surface area contributed by atoms with E-state index in [1.807, 2.05) is 30.3 Å². The molecule has 0 aromatic heterocycles. The predicted octanol–water partition coefficient (Wildman–Crippen LogP) is 3.56. The molecular formula is C19H15NO4S. The Morgan fingerprint density at radius 3 is 2.40 bits per heavy atom. The molecular weight excluding hydrogens is 338 g/mol. The van der Waals surface area contributed by atoms with Gasteiger partial charge in [-0.15, -0.1) is 0 Å². The van der Waals surface area contributed by atoms with Gasteiger partial charge in [-0.25, -0.2) is 8.42 Å². The number of rotatable bonds is 3. The Morgan fingerprint density at radius 1 is 0.960 bits per heavy atom. The highest BCUT2D eigenvalue weighted by atomic mass is 32.2. The number of hydrogen-bond donors (Lipinski definition) is 1. The molecule has 0 radical (unpaired) electrons. The summed E-state index contributed by atoms with van der Waals surface area (Å²) in [5, 5.41) is 11.2. The van der Waals surface area contributed by atoms with Crippen molar-refractivity contribution in [2.45, 2.75) is 17.4 Å². The smallest absolute Gasteiger partial charge is 0.305 e. The van der Waals surface area contributed by atoms with Crippen LogP contribution in [0.25, 0.3) is 10.8 Å². The summed E-state index contributed by atoms with van der Waals surface area (Å²) in [7, 11) is -3.79. The van der Waals surface area contributed by atoms with E-state index in [1.54, 1.807) is 30.3 Å². The fraction of sp³-hybridized carbons (Fsp3) is 0.105. The molecule has 25 heavy (non-hydrogen) atoms. The standard InChI is InChI=1S/C19H15NO4S/c21-19(22)12-17-16-7-3-4-8-18(16)25(23,24)20(17)15-10-9-13-5-1-2-6-14(13)11-15/h1-11,17H,12H2,(H,21,22). The van der Waals surface area contributed by atoms with Crippen LogP contribution in [0.4, 0.5) is 5.69 Å². The van der Waals surface area contributed by atoms with Crippen molar-refractivity contribution in [1.29, 1.82) is 0 Å². The minimum absolute atomic E-state index is 0.175. The van der Waals surface area contributed by atoms with Crippen molar-refractivity contribution in [3.05, 3.63) is 72.3 Å².